The van der Waals surface area contributed by atoms with Gasteiger partial charge in [-0.15, -0.1) is 0 Å². The van der Waals surface area contributed by atoms with Crippen LogP contribution in [0.1, 0.15) is 16.8 Å². The van der Waals surface area contributed by atoms with Gasteiger partial charge in [0, 0.05) is 22.7 Å². The molecule has 2 nitrogen and oxygen atoms in total. The van der Waals surface area contributed by atoms with Crippen LogP contribution in [0, 0.1) is 13.8 Å². The highest BCUT2D eigenvalue weighted by atomic mass is 19.4. The molecule has 0 saturated carbocycles. The first-order chi connectivity index (χ1) is 10.3. The quantitative estimate of drug-likeness (QED) is 0.753. The monoisotopic (exact) mass is 341 g/mol. The number of hydrogen-bond donors (Lipinski definition) is 1. The number of nitrogens with zero attached hydrogens (tertiary/aromatic N) is 1. The van der Waals surface area contributed by atoms with E-state index in [0.29, 0.717) is 17.8 Å². The Labute approximate surface area is 125 Å². The van der Waals surface area contributed by atoms with Gasteiger partial charge in [-0.1, -0.05) is 0 Å². The minimum atomic E-state index is -6.21. The Morgan fingerprint density at radius 3 is 1.87 bits per heavy atom. The number of rotatable bonds is 1. The van der Waals surface area contributed by atoms with Crippen molar-refractivity contribution in [3.63, 3.8) is 0 Å². The molecule has 1 N–H and O–H groups in total. The van der Waals surface area contributed by atoms with E-state index in [0.717, 1.165) is 6.07 Å². The maximum absolute atomic E-state index is 14.1. The topological polar surface area (TPSA) is 33.1 Å². The van der Waals surface area contributed by atoms with Crippen LogP contribution < -0.4 is 0 Å². The summed E-state index contributed by atoms with van der Waals surface area (Å²) in [4.78, 5) is 3.94. The summed E-state index contributed by atoms with van der Waals surface area (Å²) in [7, 11) is 0. The number of halogens is 7. The lowest BCUT2D eigenvalue weighted by Gasteiger charge is -2.30. The number of alkyl halides is 7. The van der Waals surface area contributed by atoms with Crippen LogP contribution in [0.4, 0.5) is 30.7 Å². The predicted molar refractivity (Wildman–Crippen MR) is 67.8 cm³/mol. The third-order valence-corrected chi connectivity index (χ3v) is 3.39. The summed E-state index contributed by atoms with van der Waals surface area (Å²) < 4.78 is 91.0. The molecule has 23 heavy (non-hydrogen) atoms. The summed E-state index contributed by atoms with van der Waals surface area (Å²) in [6.07, 6.45) is -12.4. The van der Waals surface area contributed by atoms with Gasteiger partial charge in [0.15, 0.2) is 0 Å². The van der Waals surface area contributed by atoms with Crippen molar-refractivity contribution in [3.05, 3.63) is 35.0 Å². The molecule has 0 radical (unpaired) electrons. The van der Waals surface area contributed by atoms with Crippen LogP contribution in [0.15, 0.2) is 18.2 Å². The number of aromatic nitrogens is 1. The number of fused-ring (bicyclic) bond motifs is 1. The second-order valence-electron chi connectivity index (χ2n) is 5.13. The molecule has 126 valence electrons. The number of hydrogen-bond acceptors (Lipinski definition) is 2. The summed E-state index contributed by atoms with van der Waals surface area (Å²) in [5.41, 5.74) is -7.01. The molecule has 9 heteroatoms. The maximum atomic E-state index is 14.1. The normalized spacial score (nSPS) is 13.6. The average molecular weight is 341 g/mol. The summed E-state index contributed by atoms with van der Waals surface area (Å²) in [6.45, 7) is 2.67. The van der Waals surface area contributed by atoms with Crippen LogP contribution in [0.25, 0.3) is 10.9 Å². The smallest absolute Gasteiger partial charge is 0.435 e. The highest BCUT2D eigenvalue weighted by molar-refractivity contribution is 5.88. The molecule has 0 amide bonds. The molecule has 1 aromatic heterocycles. The largest absolute Gasteiger partial charge is 0.507 e. The van der Waals surface area contributed by atoms with E-state index in [2.05, 4.69) is 4.98 Å². The molecule has 0 saturated heterocycles. The van der Waals surface area contributed by atoms with Gasteiger partial charge in [0.05, 0.1) is 5.52 Å². The lowest BCUT2D eigenvalue weighted by atomic mass is 9.91. The van der Waals surface area contributed by atoms with Crippen LogP contribution in [-0.4, -0.2) is 22.4 Å². The van der Waals surface area contributed by atoms with Gasteiger partial charge >= 0.3 is 18.0 Å². The molecule has 0 atom stereocenters. The molecular formula is C14H10F7NO. The van der Waals surface area contributed by atoms with E-state index in [9.17, 15) is 35.8 Å². The number of aryl methyl sites for hydroxylation is 2. The lowest BCUT2D eigenvalue weighted by Crippen LogP contribution is -2.50. The third-order valence-electron chi connectivity index (χ3n) is 3.39. The first kappa shape index (κ1) is 17.3. The Morgan fingerprint density at radius 1 is 0.870 bits per heavy atom. The van der Waals surface area contributed by atoms with E-state index in [-0.39, 0.29) is 16.5 Å². The molecule has 1 aromatic carbocycles. The van der Waals surface area contributed by atoms with Crippen molar-refractivity contribution in [1.82, 2.24) is 4.98 Å². The first-order valence-electron chi connectivity index (χ1n) is 6.23. The minimum absolute atomic E-state index is 0.00190. The summed E-state index contributed by atoms with van der Waals surface area (Å²) in [5.74, 6) is -0.579. The highest BCUT2D eigenvalue weighted by Crippen LogP contribution is 2.54. The number of benzene rings is 1. The molecule has 0 aliphatic rings. The Hall–Kier alpha value is -2.06. The van der Waals surface area contributed by atoms with Crippen molar-refractivity contribution in [2.75, 3.05) is 0 Å². The summed E-state index contributed by atoms with van der Waals surface area (Å²) >= 11 is 0. The van der Waals surface area contributed by atoms with E-state index in [1.54, 1.807) is 0 Å². The van der Waals surface area contributed by atoms with Crippen LogP contribution in [0.2, 0.25) is 0 Å². The van der Waals surface area contributed by atoms with Crippen molar-refractivity contribution in [2.24, 2.45) is 0 Å². The van der Waals surface area contributed by atoms with Gasteiger partial charge in [0.1, 0.15) is 5.75 Å². The fraction of sp³-hybridized carbons (Fsp3) is 0.357. The van der Waals surface area contributed by atoms with Gasteiger partial charge in [-0.3, -0.25) is 4.98 Å². The van der Waals surface area contributed by atoms with Crippen molar-refractivity contribution < 1.29 is 35.8 Å². The van der Waals surface area contributed by atoms with Crippen LogP contribution >= 0.6 is 0 Å². The Morgan fingerprint density at radius 2 is 1.39 bits per heavy atom. The van der Waals surface area contributed by atoms with Gasteiger partial charge < -0.3 is 5.11 Å². The van der Waals surface area contributed by atoms with Crippen molar-refractivity contribution in [1.29, 1.82) is 0 Å². The standard InChI is InChI=1S/C14H10F7NO/c1-6-3-8(12(15,13(16,17)18)14(19,20)21)5-9-10(23)4-7(2)22-11(6)9/h3-5H,1-2H3,(H,22,23). The van der Waals surface area contributed by atoms with Crippen molar-refractivity contribution >= 4 is 10.9 Å². The van der Waals surface area contributed by atoms with Gasteiger partial charge in [-0.2, -0.15) is 26.3 Å². The van der Waals surface area contributed by atoms with Gasteiger partial charge in [-0.25, -0.2) is 4.39 Å². The SMILES string of the molecule is Cc1cc(O)c2cc(C(F)(C(F)(F)F)C(F)(F)F)cc(C)c2n1. The van der Waals surface area contributed by atoms with Crippen LogP contribution in [-0.2, 0) is 5.67 Å². The van der Waals surface area contributed by atoms with Crippen molar-refractivity contribution in [2.45, 2.75) is 31.9 Å². The molecule has 0 spiro atoms. The third kappa shape index (κ3) is 2.57. The molecule has 0 unspecified atom stereocenters. The molecule has 0 fully saturated rings. The zero-order valence-corrected chi connectivity index (χ0v) is 11.8. The van der Waals surface area contributed by atoms with E-state index in [4.69, 9.17) is 0 Å². The molecular weight excluding hydrogens is 331 g/mol. The number of aromatic hydroxyl groups is 1. The average Bonchev–Trinajstić information content (AvgIpc) is 2.36. The van der Waals surface area contributed by atoms with E-state index in [1.807, 2.05) is 0 Å². The van der Waals surface area contributed by atoms with E-state index < -0.39 is 29.3 Å². The van der Waals surface area contributed by atoms with Gasteiger partial charge in [0.25, 0.3) is 0 Å². The fourth-order valence-electron chi connectivity index (χ4n) is 2.29. The fourth-order valence-corrected chi connectivity index (χ4v) is 2.29. The van der Waals surface area contributed by atoms with Gasteiger partial charge in [-0.05, 0) is 31.5 Å². The molecule has 2 aromatic rings. The maximum Gasteiger partial charge on any atom is 0.435 e. The highest BCUT2D eigenvalue weighted by Gasteiger charge is 2.73. The minimum Gasteiger partial charge on any atom is -0.507 e. The lowest BCUT2D eigenvalue weighted by molar-refractivity contribution is -0.348. The van der Waals surface area contributed by atoms with Crippen molar-refractivity contribution in [3.8, 4) is 5.75 Å². The van der Waals surface area contributed by atoms with Crippen LogP contribution in [0.5, 0.6) is 5.75 Å². The number of pyridine rings is 1. The second kappa shape index (κ2) is 4.97. The molecule has 1 heterocycles. The zero-order chi connectivity index (χ0) is 17.8. The van der Waals surface area contributed by atoms with Gasteiger partial charge in [0.2, 0.25) is 0 Å². The predicted octanol–water partition coefficient (Wildman–Crippen LogP) is 4.85. The first-order valence-corrected chi connectivity index (χ1v) is 6.23. The molecule has 0 bridgehead atoms. The Kier molecular flexibility index (Phi) is 3.74. The summed E-state index contributed by atoms with van der Waals surface area (Å²) in [6, 6.07) is 1.83. The Bertz CT molecular complexity index is 750. The molecule has 0 aliphatic heterocycles. The molecule has 0 aliphatic carbocycles. The molecule has 2 rings (SSSR count). The summed E-state index contributed by atoms with van der Waals surface area (Å²) in [5, 5.41) is 9.36. The Balaban J connectivity index is 2.87. The second-order valence-corrected chi connectivity index (χ2v) is 5.13. The van der Waals surface area contributed by atoms with Crippen LogP contribution in [0.3, 0.4) is 0 Å². The zero-order valence-electron chi connectivity index (χ0n) is 11.8. The van der Waals surface area contributed by atoms with E-state index >= 15 is 0 Å². The van der Waals surface area contributed by atoms with E-state index in [1.165, 1.54) is 13.8 Å².